The number of hydrogen-bond donors (Lipinski definition) is 8. The number of amides is 2. The van der Waals surface area contributed by atoms with Gasteiger partial charge in [0.15, 0.2) is 12.6 Å². The second-order valence-electron chi connectivity index (χ2n) is 9.03. The molecule has 2 saturated heterocycles. The van der Waals surface area contributed by atoms with E-state index in [1.807, 2.05) is 0 Å². The first-order valence-corrected chi connectivity index (χ1v) is 15.1. The minimum absolute atomic E-state index is 0. The van der Waals surface area contributed by atoms with E-state index in [0.717, 1.165) is 13.8 Å². The van der Waals surface area contributed by atoms with Crippen LogP contribution in [0.3, 0.4) is 0 Å². The van der Waals surface area contributed by atoms with Crippen LogP contribution in [0, 0.1) is 0 Å². The van der Waals surface area contributed by atoms with Crippen LogP contribution in [0.25, 0.3) is 0 Å². The number of rotatable bonds is 14. The molecule has 0 radical (unpaired) electrons. The quantitative estimate of drug-likeness (QED) is 0.0478. The van der Waals surface area contributed by atoms with E-state index in [4.69, 9.17) is 28.8 Å². The number of hydrogen-bond acceptors (Lipinski definition) is 18. The third kappa shape index (κ3) is 13.1. The summed E-state index contributed by atoms with van der Waals surface area (Å²) in [5.74, 6) is -1.62. The number of phosphoric acid groups is 2. The van der Waals surface area contributed by atoms with E-state index in [1.165, 1.54) is 0 Å². The van der Waals surface area contributed by atoms with Crippen molar-refractivity contribution >= 4 is 27.5 Å². The predicted molar refractivity (Wildman–Crippen MR) is 127 cm³/mol. The van der Waals surface area contributed by atoms with Gasteiger partial charge in [-0.05, 0) is 13.0 Å². The SMILES string of the molecule is CC(=O)N[C@H]1[C@@H](OP(=O)([O-])OCCCN)O[C@H](CO)[C@@H](OP(=O)([O-])O[C@H]2O[C@H](CO)[C@@H](O)[C@H](O)[C@H]2NC(C)=O)[C@@H]1O.[Na+].[Na+]. The van der Waals surface area contributed by atoms with E-state index in [0.29, 0.717) is 0 Å². The van der Waals surface area contributed by atoms with Gasteiger partial charge in [0, 0.05) is 13.8 Å². The summed E-state index contributed by atoms with van der Waals surface area (Å²) in [6.07, 6.45) is -15.1. The van der Waals surface area contributed by atoms with Gasteiger partial charge in [-0.25, -0.2) is 0 Å². The van der Waals surface area contributed by atoms with Crippen molar-refractivity contribution in [3.8, 4) is 0 Å². The molecule has 2 rings (SSSR count). The van der Waals surface area contributed by atoms with Gasteiger partial charge in [-0.3, -0.25) is 27.8 Å². The average Bonchev–Trinajstić information content (AvgIpc) is 2.86. The molecule has 12 atom stereocenters. The topological polar surface area (TPSA) is 321 Å². The Balaban J connectivity index is 0.00000882. The Morgan fingerprint density at radius 3 is 1.74 bits per heavy atom. The number of aliphatic hydroxyl groups excluding tert-OH is 5. The van der Waals surface area contributed by atoms with E-state index in [-0.39, 0.29) is 78.7 Å². The molecule has 24 heteroatoms. The Bertz CT molecular complexity index is 989. The van der Waals surface area contributed by atoms with Gasteiger partial charge in [-0.15, -0.1) is 0 Å². The van der Waals surface area contributed by atoms with Crippen LogP contribution in [0.1, 0.15) is 20.3 Å². The van der Waals surface area contributed by atoms with Gasteiger partial charge < -0.3 is 70.2 Å². The number of nitrogens with two attached hydrogens (primary N) is 1. The molecule has 2 aliphatic heterocycles. The first kappa shape index (κ1) is 43.8. The van der Waals surface area contributed by atoms with Crippen molar-refractivity contribution in [3.05, 3.63) is 0 Å². The Hall–Kier alpha value is 0.840. The Kier molecular flexibility index (Phi) is 20.0. The zero-order valence-corrected chi connectivity index (χ0v) is 29.7. The maximum atomic E-state index is 12.9. The molecule has 0 spiro atoms. The maximum absolute atomic E-state index is 12.9. The zero-order chi connectivity index (χ0) is 31.1. The molecule has 2 fully saturated rings. The van der Waals surface area contributed by atoms with E-state index in [2.05, 4.69) is 15.2 Å². The third-order valence-electron chi connectivity index (χ3n) is 5.79. The number of ether oxygens (including phenoxy) is 2. The maximum Gasteiger partial charge on any atom is 1.00 e. The van der Waals surface area contributed by atoms with Gasteiger partial charge in [0.2, 0.25) is 11.8 Å². The number of phosphoric ester groups is 2. The molecule has 2 heterocycles. The molecular weight excluding hydrogens is 650 g/mol. The van der Waals surface area contributed by atoms with Gasteiger partial charge in [-0.2, -0.15) is 0 Å². The van der Waals surface area contributed by atoms with Crippen LogP contribution in [0.15, 0.2) is 0 Å². The standard InChI is InChI=1S/C19H37N3O17P2.2Na/c1-8(25)21-12-15(28)14(27)10(6-23)35-18(12)39-41(32,33)37-17-11(7-24)36-19(13(16(17)29)22-9(2)26)38-40(30,31)34-5-3-4-20;;/h10-19,23-24,27-29H,3-7,20H2,1-2H3,(H,21,25)(H,22,26)(H,30,31)(H,32,33);;/q;2*+1/p-2/t10-,11-,12-,13-,14-,15-,16-,17-,18-,19-;;/m1../s1. The molecule has 43 heavy (non-hydrogen) atoms. The zero-order valence-electron chi connectivity index (χ0n) is 23.9. The van der Waals surface area contributed by atoms with Crippen LogP contribution in [0.2, 0.25) is 0 Å². The molecule has 0 aromatic rings. The summed E-state index contributed by atoms with van der Waals surface area (Å²) in [7, 11) is -10.8. The molecule has 0 aromatic carbocycles. The Morgan fingerprint density at radius 1 is 0.814 bits per heavy atom. The van der Waals surface area contributed by atoms with Crippen LogP contribution in [0.5, 0.6) is 0 Å². The summed E-state index contributed by atoms with van der Waals surface area (Å²) >= 11 is 0. The third-order valence-corrected chi connectivity index (χ3v) is 7.72. The van der Waals surface area contributed by atoms with Crippen LogP contribution in [0.4, 0.5) is 0 Å². The minimum Gasteiger partial charge on any atom is -0.756 e. The average molecular weight is 685 g/mol. The minimum atomic E-state index is -5.68. The van der Waals surface area contributed by atoms with Gasteiger partial charge in [-0.1, -0.05) is 0 Å². The monoisotopic (exact) mass is 685 g/mol. The molecule has 0 bridgehead atoms. The first-order chi connectivity index (χ1) is 19.1. The second-order valence-corrected chi connectivity index (χ2v) is 11.7. The molecule has 2 aliphatic rings. The summed E-state index contributed by atoms with van der Waals surface area (Å²) in [6, 6.07) is -3.48. The summed E-state index contributed by atoms with van der Waals surface area (Å²) in [6.45, 7) is -0.252. The predicted octanol–water partition coefficient (Wildman–Crippen LogP) is -11.8. The number of aliphatic hydroxyl groups is 5. The van der Waals surface area contributed by atoms with Gasteiger partial charge in [0.1, 0.15) is 48.7 Å². The van der Waals surface area contributed by atoms with Crippen LogP contribution >= 0.6 is 15.6 Å². The van der Waals surface area contributed by atoms with Gasteiger partial charge in [0.25, 0.3) is 15.6 Å². The number of nitrogens with one attached hydrogen (secondary N) is 2. The van der Waals surface area contributed by atoms with E-state index in [1.54, 1.807) is 0 Å². The van der Waals surface area contributed by atoms with Crippen molar-refractivity contribution in [3.63, 3.8) is 0 Å². The van der Waals surface area contributed by atoms with Gasteiger partial charge >= 0.3 is 59.1 Å². The van der Waals surface area contributed by atoms with E-state index >= 15 is 0 Å². The second kappa shape index (κ2) is 19.6. The fourth-order valence-electron chi connectivity index (χ4n) is 3.95. The largest absolute Gasteiger partial charge is 1.00 e. The summed E-state index contributed by atoms with van der Waals surface area (Å²) in [5.41, 5.74) is 5.27. The molecule has 0 aliphatic carbocycles. The summed E-state index contributed by atoms with van der Waals surface area (Å²) in [4.78, 5) is 48.4. The van der Waals surface area contributed by atoms with Gasteiger partial charge in [0.05, 0.1) is 19.8 Å². The molecule has 0 aromatic heterocycles. The molecule has 0 saturated carbocycles. The smallest absolute Gasteiger partial charge is 0.756 e. The number of carbonyl (C=O) groups excluding carboxylic acids is 2. The molecular formula is C19H35N3Na2O17P2. The normalized spacial score (nSPS) is 35.3. The van der Waals surface area contributed by atoms with Crippen LogP contribution in [-0.2, 0) is 46.3 Å². The van der Waals surface area contributed by atoms with Crippen molar-refractivity contribution in [2.24, 2.45) is 5.73 Å². The van der Waals surface area contributed by atoms with E-state index in [9.17, 15) is 54.0 Å². The fourth-order valence-corrected chi connectivity index (χ4v) is 5.85. The first-order valence-electron chi connectivity index (χ1n) is 12.2. The Labute approximate surface area is 290 Å². The van der Waals surface area contributed by atoms with E-state index < -0.39 is 102 Å². The molecule has 9 N–H and O–H groups in total. The number of carbonyl (C=O) groups is 2. The molecule has 2 amide bonds. The van der Waals surface area contributed by atoms with Crippen molar-refractivity contribution < 1.29 is 141 Å². The van der Waals surface area contributed by atoms with Crippen LogP contribution in [-0.4, -0.2) is 125 Å². The van der Waals surface area contributed by atoms with Crippen molar-refractivity contribution in [2.75, 3.05) is 26.4 Å². The molecule has 20 nitrogen and oxygen atoms in total. The van der Waals surface area contributed by atoms with Crippen molar-refractivity contribution in [2.45, 2.75) is 81.6 Å². The van der Waals surface area contributed by atoms with Crippen molar-refractivity contribution in [1.82, 2.24) is 10.6 Å². The molecule has 2 unspecified atom stereocenters. The van der Waals surface area contributed by atoms with Crippen molar-refractivity contribution in [1.29, 1.82) is 0 Å². The summed E-state index contributed by atoms with van der Waals surface area (Å²) < 4.78 is 54.7. The summed E-state index contributed by atoms with van der Waals surface area (Å²) in [5, 5.41) is 54.7. The fraction of sp³-hybridized carbons (Fsp3) is 0.895. The Morgan fingerprint density at radius 2 is 1.28 bits per heavy atom. The van der Waals surface area contributed by atoms with Crippen LogP contribution < -0.4 is 85.3 Å². The molecule has 240 valence electrons.